The van der Waals surface area contributed by atoms with E-state index >= 15 is 0 Å². The first kappa shape index (κ1) is 17.8. The number of hydrogen-bond acceptors (Lipinski definition) is 3. The Bertz CT molecular complexity index is 573. The van der Waals surface area contributed by atoms with Gasteiger partial charge in [0.1, 0.15) is 0 Å². The van der Waals surface area contributed by atoms with Crippen LogP contribution in [-0.4, -0.2) is 48.3 Å². The molecule has 26 heavy (non-hydrogen) atoms. The van der Waals surface area contributed by atoms with E-state index < -0.39 is 0 Å². The summed E-state index contributed by atoms with van der Waals surface area (Å²) in [5, 5.41) is 5.81. The van der Waals surface area contributed by atoms with Gasteiger partial charge >= 0.3 is 0 Å². The second-order valence-corrected chi connectivity index (χ2v) is 8.83. The minimum Gasteiger partial charge on any atom is -0.356 e. The van der Waals surface area contributed by atoms with Crippen LogP contribution in [0.3, 0.4) is 0 Å². The molecule has 1 saturated heterocycles. The third-order valence-electron chi connectivity index (χ3n) is 6.88. The van der Waals surface area contributed by atoms with E-state index in [1.165, 1.54) is 25.7 Å². The molecule has 2 unspecified atom stereocenters. The summed E-state index contributed by atoms with van der Waals surface area (Å²) in [5.41, 5.74) is 0.346. The minimum atomic E-state index is 0.0360. The van der Waals surface area contributed by atoms with Crippen molar-refractivity contribution in [1.82, 2.24) is 15.5 Å². The average Bonchev–Trinajstić information content (AvgIpc) is 3.52. The van der Waals surface area contributed by atoms with Gasteiger partial charge in [-0.2, -0.15) is 0 Å². The molecule has 6 heteroatoms. The van der Waals surface area contributed by atoms with Gasteiger partial charge in [0, 0.05) is 44.4 Å². The van der Waals surface area contributed by atoms with Crippen molar-refractivity contribution in [3.8, 4) is 0 Å². The highest BCUT2D eigenvalue weighted by Gasteiger charge is 2.56. The van der Waals surface area contributed by atoms with Crippen molar-refractivity contribution >= 4 is 17.7 Å². The molecule has 0 bridgehead atoms. The monoisotopic (exact) mass is 361 g/mol. The molecule has 2 N–H and O–H groups in total. The quantitative estimate of drug-likeness (QED) is 0.723. The van der Waals surface area contributed by atoms with Crippen LogP contribution in [0.25, 0.3) is 0 Å². The molecule has 6 nitrogen and oxygen atoms in total. The van der Waals surface area contributed by atoms with E-state index in [9.17, 15) is 14.4 Å². The van der Waals surface area contributed by atoms with Gasteiger partial charge < -0.3 is 15.5 Å². The average molecular weight is 361 g/mol. The standard InChI is InChI=1S/C20H31N3O3/c24-17-6-3-14(13-22-17)12-18(25)21-10-11-23(15-4-5-15)19(26)16-2-1-7-20(16)8-9-20/h14-16H,1-13H2,(H,21,25)(H,22,24). The lowest BCUT2D eigenvalue weighted by atomic mass is 9.91. The Morgan fingerprint density at radius 2 is 1.96 bits per heavy atom. The molecule has 4 aliphatic rings. The van der Waals surface area contributed by atoms with Gasteiger partial charge in [0.15, 0.2) is 0 Å². The highest BCUT2D eigenvalue weighted by atomic mass is 16.2. The zero-order valence-electron chi connectivity index (χ0n) is 15.6. The summed E-state index contributed by atoms with van der Waals surface area (Å²) < 4.78 is 0. The normalized spacial score (nSPS) is 29.3. The number of amides is 3. The van der Waals surface area contributed by atoms with E-state index in [4.69, 9.17) is 0 Å². The molecule has 3 saturated carbocycles. The second-order valence-electron chi connectivity index (χ2n) is 8.83. The highest BCUT2D eigenvalue weighted by Crippen LogP contribution is 2.61. The van der Waals surface area contributed by atoms with Crippen LogP contribution >= 0.6 is 0 Å². The predicted octanol–water partition coefficient (Wildman–Crippen LogP) is 1.59. The molecule has 1 spiro atoms. The Morgan fingerprint density at radius 1 is 1.15 bits per heavy atom. The van der Waals surface area contributed by atoms with E-state index in [1.807, 2.05) is 0 Å². The Hall–Kier alpha value is -1.59. The summed E-state index contributed by atoms with van der Waals surface area (Å²) in [6, 6.07) is 0.407. The van der Waals surface area contributed by atoms with Crippen LogP contribution in [0.5, 0.6) is 0 Å². The molecule has 0 radical (unpaired) electrons. The molecule has 0 aromatic rings. The third kappa shape index (κ3) is 3.89. The fourth-order valence-electron chi connectivity index (χ4n) is 4.95. The van der Waals surface area contributed by atoms with Gasteiger partial charge in [0.2, 0.25) is 17.7 Å². The Morgan fingerprint density at radius 3 is 2.62 bits per heavy atom. The van der Waals surface area contributed by atoms with Gasteiger partial charge in [0.05, 0.1) is 0 Å². The largest absolute Gasteiger partial charge is 0.356 e. The first-order valence-corrected chi connectivity index (χ1v) is 10.4. The Balaban J connectivity index is 1.22. The SMILES string of the molecule is O=C1CCC(CC(=O)NCCN(C(=O)C2CCCC23CC3)C2CC2)CN1. The van der Waals surface area contributed by atoms with E-state index in [0.29, 0.717) is 49.8 Å². The van der Waals surface area contributed by atoms with Crippen molar-refractivity contribution in [3.63, 3.8) is 0 Å². The van der Waals surface area contributed by atoms with Crippen molar-refractivity contribution in [2.45, 2.75) is 70.3 Å². The first-order chi connectivity index (χ1) is 12.6. The number of carbonyl (C=O) groups excluding carboxylic acids is 3. The first-order valence-electron chi connectivity index (χ1n) is 10.4. The molecule has 0 aromatic carbocycles. The van der Waals surface area contributed by atoms with E-state index in [-0.39, 0.29) is 23.7 Å². The molecule has 144 valence electrons. The fraction of sp³-hybridized carbons (Fsp3) is 0.850. The number of nitrogens with zero attached hydrogens (tertiary/aromatic N) is 1. The number of hydrogen-bond donors (Lipinski definition) is 2. The Kier molecular flexibility index (Phi) is 4.93. The summed E-state index contributed by atoms with van der Waals surface area (Å²) in [6.07, 6.45) is 9.95. The lowest BCUT2D eigenvalue weighted by Gasteiger charge is -2.29. The smallest absolute Gasteiger partial charge is 0.226 e. The van der Waals surface area contributed by atoms with Crippen molar-refractivity contribution in [1.29, 1.82) is 0 Å². The number of rotatable bonds is 7. The summed E-state index contributed by atoms with van der Waals surface area (Å²) >= 11 is 0. The predicted molar refractivity (Wildman–Crippen MR) is 97.1 cm³/mol. The van der Waals surface area contributed by atoms with Crippen LogP contribution in [-0.2, 0) is 14.4 Å². The lowest BCUT2D eigenvalue weighted by Crippen LogP contribution is -2.44. The molecular weight excluding hydrogens is 330 g/mol. The molecule has 0 aromatic heterocycles. The maximum absolute atomic E-state index is 13.1. The Labute approximate surface area is 155 Å². The molecule has 1 heterocycles. The zero-order valence-corrected chi connectivity index (χ0v) is 15.6. The summed E-state index contributed by atoms with van der Waals surface area (Å²) in [4.78, 5) is 38.5. The van der Waals surface area contributed by atoms with Gasteiger partial charge in [-0.1, -0.05) is 6.42 Å². The summed E-state index contributed by atoms with van der Waals surface area (Å²) in [5.74, 6) is 0.952. The third-order valence-corrected chi connectivity index (χ3v) is 6.88. The van der Waals surface area contributed by atoms with Gasteiger partial charge in [-0.05, 0) is 56.3 Å². The zero-order chi connectivity index (χ0) is 18.1. The van der Waals surface area contributed by atoms with Crippen molar-refractivity contribution < 1.29 is 14.4 Å². The van der Waals surface area contributed by atoms with E-state index in [1.54, 1.807) is 0 Å². The molecule has 2 atom stereocenters. The van der Waals surface area contributed by atoms with Crippen LogP contribution < -0.4 is 10.6 Å². The van der Waals surface area contributed by atoms with E-state index in [2.05, 4.69) is 15.5 Å². The van der Waals surface area contributed by atoms with Crippen molar-refractivity contribution in [2.24, 2.45) is 17.3 Å². The van der Waals surface area contributed by atoms with Gasteiger partial charge in [-0.15, -0.1) is 0 Å². The van der Waals surface area contributed by atoms with Crippen molar-refractivity contribution in [3.05, 3.63) is 0 Å². The number of carbonyl (C=O) groups is 3. The number of nitrogens with one attached hydrogen (secondary N) is 2. The maximum atomic E-state index is 13.1. The van der Waals surface area contributed by atoms with Gasteiger partial charge in [-0.25, -0.2) is 0 Å². The number of piperidine rings is 1. The molecule has 4 fully saturated rings. The lowest BCUT2D eigenvalue weighted by molar-refractivity contribution is -0.138. The van der Waals surface area contributed by atoms with Gasteiger partial charge in [0.25, 0.3) is 0 Å². The minimum absolute atomic E-state index is 0.0360. The molecule has 4 rings (SSSR count). The van der Waals surface area contributed by atoms with Crippen LogP contribution in [0.2, 0.25) is 0 Å². The second kappa shape index (κ2) is 7.20. The summed E-state index contributed by atoms with van der Waals surface area (Å²) in [6.45, 7) is 1.78. The van der Waals surface area contributed by atoms with Crippen molar-refractivity contribution in [2.75, 3.05) is 19.6 Å². The molecule has 3 aliphatic carbocycles. The van der Waals surface area contributed by atoms with Crippen LogP contribution in [0.4, 0.5) is 0 Å². The maximum Gasteiger partial charge on any atom is 0.226 e. The van der Waals surface area contributed by atoms with Crippen LogP contribution in [0.1, 0.15) is 64.2 Å². The summed E-state index contributed by atoms with van der Waals surface area (Å²) in [7, 11) is 0. The molecule has 3 amide bonds. The molecular formula is C20H31N3O3. The van der Waals surface area contributed by atoms with Crippen LogP contribution in [0, 0.1) is 17.3 Å². The van der Waals surface area contributed by atoms with Crippen LogP contribution in [0.15, 0.2) is 0 Å². The fourth-order valence-corrected chi connectivity index (χ4v) is 4.95. The van der Waals surface area contributed by atoms with Gasteiger partial charge in [-0.3, -0.25) is 14.4 Å². The topological polar surface area (TPSA) is 78.5 Å². The molecule has 1 aliphatic heterocycles. The van der Waals surface area contributed by atoms with E-state index in [0.717, 1.165) is 25.7 Å². The highest BCUT2D eigenvalue weighted by molar-refractivity contribution is 5.81.